The molecule has 100 valence electrons. The fourth-order valence-electron chi connectivity index (χ4n) is 2.63. The van der Waals surface area contributed by atoms with Crippen molar-refractivity contribution in [1.29, 1.82) is 0 Å². The molecule has 1 fully saturated rings. The van der Waals surface area contributed by atoms with E-state index in [2.05, 4.69) is 34.3 Å². The first-order chi connectivity index (χ1) is 8.88. The standard InChI is InChI=1S/C15H25N3/c1-2-18(13-15-7-3-4-10-17-15)12-6-9-14-8-5-11-16-14/h3-4,7,10,14,16H,2,5-6,8-9,11-13H2,1H3. The highest BCUT2D eigenvalue weighted by Gasteiger charge is 2.13. The summed E-state index contributed by atoms with van der Waals surface area (Å²) in [4.78, 5) is 6.88. The van der Waals surface area contributed by atoms with Gasteiger partial charge in [0.15, 0.2) is 0 Å². The molecule has 0 aliphatic carbocycles. The predicted octanol–water partition coefficient (Wildman–Crippen LogP) is 2.44. The van der Waals surface area contributed by atoms with E-state index in [4.69, 9.17) is 0 Å². The predicted molar refractivity (Wildman–Crippen MR) is 75.4 cm³/mol. The van der Waals surface area contributed by atoms with Crippen LogP contribution in [0.5, 0.6) is 0 Å². The lowest BCUT2D eigenvalue weighted by atomic mass is 10.1. The Hall–Kier alpha value is -0.930. The second-order valence-electron chi connectivity index (χ2n) is 5.13. The lowest BCUT2D eigenvalue weighted by Crippen LogP contribution is -2.27. The molecular formula is C15H25N3. The van der Waals surface area contributed by atoms with Gasteiger partial charge in [-0.2, -0.15) is 0 Å². The fourth-order valence-corrected chi connectivity index (χ4v) is 2.63. The Balaban J connectivity index is 1.68. The van der Waals surface area contributed by atoms with Crippen LogP contribution in [-0.2, 0) is 6.54 Å². The zero-order valence-corrected chi connectivity index (χ0v) is 11.4. The Bertz CT molecular complexity index is 320. The van der Waals surface area contributed by atoms with Crippen LogP contribution in [0.2, 0.25) is 0 Å². The van der Waals surface area contributed by atoms with Crippen LogP contribution in [0.15, 0.2) is 24.4 Å². The normalized spacial score (nSPS) is 19.6. The topological polar surface area (TPSA) is 28.2 Å². The monoisotopic (exact) mass is 247 g/mol. The highest BCUT2D eigenvalue weighted by molar-refractivity contribution is 5.03. The molecule has 1 aromatic heterocycles. The quantitative estimate of drug-likeness (QED) is 0.802. The van der Waals surface area contributed by atoms with Crippen molar-refractivity contribution in [3.8, 4) is 0 Å². The van der Waals surface area contributed by atoms with E-state index < -0.39 is 0 Å². The van der Waals surface area contributed by atoms with Crippen LogP contribution in [0.1, 0.15) is 38.3 Å². The van der Waals surface area contributed by atoms with Gasteiger partial charge in [0.2, 0.25) is 0 Å². The Labute approximate surface area is 111 Å². The molecule has 0 radical (unpaired) electrons. The molecular weight excluding hydrogens is 222 g/mol. The molecule has 0 aromatic carbocycles. The molecule has 0 saturated carbocycles. The lowest BCUT2D eigenvalue weighted by molar-refractivity contribution is 0.266. The molecule has 2 heterocycles. The molecule has 2 rings (SSSR count). The van der Waals surface area contributed by atoms with Gasteiger partial charge < -0.3 is 5.32 Å². The minimum atomic E-state index is 0.776. The zero-order valence-electron chi connectivity index (χ0n) is 11.4. The number of hydrogen-bond donors (Lipinski definition) is 1. The fraction of sp³-hybridized carbons (Fsp3) is 0.667. The van der Waals surface area contributed by atoms with Gasteiger partial charge in [-0.05, 0) is 57.5 Å². The number of pyridine rings is 1. The van der Waals surface area contributed by atoms with Gasteiger partial charge in [-0.15, -0.1) is 0 Å². The summed E-state index contributed by atoms with van der Waals surface area (Å²) in [7, 11) is 0. The number of rotatable bonds is 7. The van der Waals surface area contributed by atoms with Gasteiger partial charge in [0.25, 0.3) is 0 Å². The van der Waals surface area contributed by atoms with Crippen molar-refractivity contribution in [2.75, 3.05) is 19.6 Å². The zero-order chi connectivity index (χ0) is 12.6. The molecule has 0 amide bonds. The van der Waals surface area contributed by atoms with Crippen molar-refractivity contribution in [2.24, 2.45) is 0 Å². The molecule has 1 N–H and O–H groups in total. The third-order valence-electron chi connectivity index (χ3n) is 3.75. The lowest BCUT2D eigenvalue weighted by Gasteiger charge is -2.20. The average molecular weight is 247 g/mol. The molecule has 1 aliphatic rings. The SMILES string of the molecule is CCN(CCCC1CCCN1)Cc1ccccn1. The van der Waals surface area contributed by atoms with E-state index in [1.807, 2.05) is 12.3 Å². The Morgan fingerprint density at radius 1 is 1.44 bits per heavy atom. The summed E-state index contributed by atoms with van der Waals surface area (Å²) in [6, 6.07) is 6.93. The minimum absolute atomic E-state index is 0.776. The van der Waals surface area contributed by atoms with Crippen LogP contribution in [-0.4, -0.2) is 35.6 Å². The molecule has 1 aromatic rings. The van der Waals surface area contributed by atoms with Crippen LogP contribution in [0, 0.1) is 0 Å². The van der Waals surface area contributed by atoms with Gasteiger partial charge in [0, 0.05) is 18.8 Å². The summed E-state index contributed by atoms with van der Waals surface area (Å²) in [6.07, 6.45) is 7.21. The van der Waals surface area contributed by atoms with Crippen molar-refractivity contribution in [3.05, 3.63) is 30.1 Å². The van der Waals surface area contributed by atoms with Crippen molar-refractivity contribution >= 4 is 0 Å². The van der Waals surface area contributed by atoms with Crippen LogP contribution in [0.25, 0.3) is 0 Å². The Kier molecular flexibility index (Phi) is 5.62. The summed E-state index contributed by atoms with van der Waals surface area (Å²) in [5, 5.41) is 3.57. The third kappa shape index (κ3) is 4.39. The number of nitrogens with one attached hydrogen (secondary N) is 1. The van der Waals surface area contributed by atoms with Gasteiger partial charge in [-0.3, -0.25) is 9.88 Å². The maximum Gasteiger partial charge on any atom is 0.0543 e. The Morgan fingerprint density at radius 2 is 2.39 bits per heavy atom. The van der Waals surface area contributed by atoms with E-state index in [-0.39, 0.29) is 0 Å². The van der Waals surface area contributed by atoms with E-state index in [1.54, 1.807) is 0 Å². The van der Waals surface area contributed by atoms with Crippen LogP contribution < -0.4 is 5.32 Å². The highest BCUT2D eigenvalue weighted by atomic mass is 15.1. The van der Waals surface area contributed by atoms with Gasteiger partial charge in [0.1, 0.15) is 0 Å². The van der Waals surface area contributed by atoms with Gasteiger partial charge in [0.05, 0.1) is 5.69 Å². The summed E-state index contributed by atoms with van der Waals surface area (Å²) in [5.74, 6) is 0. The van der Waals surface area contributed by atoms with Crippen molar-refractivity contribution in [3.63, 3.8) is 0 Å². The molecule has 0 bridgehead atoms. The van der Waals surface area contributed by atoms with Crippen LogP contribution >= 0.6 is 0 Å². The summed E-state index contributed by atoms with van der Waals surface area (Å²) in [6.45, 7) is 6.72. The summed E-state index contributed by atoms with van der Waals surface area (Å²) in [5.41, 5.74) is 1.18. The molecule has 3 nitrogen and oxygen atoms in total. The van der Waals surface area contributed by atoms with Gasteiger partial charge in [-0.1, -0.05) is 13.0 Å². The smallest absolute Gasteiger partial charge is 0.0543 e. The van der Waals surface area contributed by atoms with Crippen molar-refractivity contribution in [1.82, 2.24) is 15.2 Å². The van der Waals surface area contributed by atoms with E-state index in [0.29, 0.717) is 0 Å². The molecule has 3 heteroatoms. The molecule has 18 heavy (non-hydrogen) atoms. The first-order valence-electron chi connectivity index (χ1n) is 7.24. The van der Waals surface area contributed by atoms with Gasteiger partial charge >= 0.3 is 0 Å². The second kappa shape index (κ2) is 7.49. The number of aromatic nitrogens is 1. The molecule has 0 spiro atoms. The van der Waals surface area contributed by atoms with E-state index in [1.165, 1.54) is 44.5 Å². The van der Waals surface area contributed by atoms with E-state index in [0.717, 1.165) is 19.1 Å². The third-order valence-corrected chi connectivity index (χ3v) is 3.75. The van der Waals surface area contributed by atoms with E-state index in [9.17, 15) is 0 Å². The average Bonchev–Trinajstić information content (AvgIpc) is 2.92. The van der Waals surface area contributed by atoms with Crippen molar-refractivity contribution < 1.29 is 0 Å². The summed E-state index contributed by atoms with van der Waals surface area (Å²) >= 11 is 0. The summed E-state index contributed by atoms with van der Waals surface area (Å²) < 4.78 is 0. The Morgan fingerprint density at radius 3 is 3.06 bits per heavy atom. The molecule has 1 aliphatic heterocycles. The molecule has 1 saturated heterocycles. The number of nitrogens with zero attached hydrogens (tertiary/aromatic N) is 2. The number of hydrogen-bond acceptors (Lipinski definition) is 3. The van der Waals surface area contributed by atoms with Crippen LogP contribution in [0.4, 0.5) is 0 Å². The highest BCUT2D eigenvalue weighted by Crippen LogP contribution is 2.11. The second-order valence-corrected chi connectivity index (χ2v) is 5.13. The minimum Gasteiger partial charge on any atom is -0.314 e. The first-order valence-corrected chi connectivity index (χ1v) is 7.24. The first kappa shape index (κ1) is 13.5. The van der Waals surface area contributed by atoms with Crippen molar-refractivity contribution in [2.45, 2.75) is 45.2 Å². The van der Waals surface area contributed by atoms with Gasteiger partial charge in [-0.25, -0.2) is 0 Å². The molecule has 1 unspecified atom stereocenters. The molecule has 1 atom stereocenters. The largest absolute Gasteiger partial charge is 0.314 e. The van der Waals surface area contributed by atoms with E-state index >= 15 is 0 Å². The maximum absolute atomic E-state index is 4.40. The maximum atomic E-state index is 4.40. The van der Waals surface area contributed by atoms with Crippen LogP contribution in [0.3, 0.4) is 0 Å².